The van der Waals surface area contributed by atoms with E-state index in [1.54, 1.807) is 13.3 Å². The normalized spacial score (nSPS) is 10.9. The molecule has 0 radical (unpaired) electrons. The van der Waals surface area contributed by atoms with Gasteiger partial charge in [0.2, 0.25) is 5.28 Å². The van der Waals surface area contributed by atoms with Gasteiger partial charge in [0, 0.05) is 16.2 Å². The van der Waals surface area contributed by atoms with Crippen molar-refractivity contribution in [3.63, 3.8) is 0 Å². The van der Waals surface area contributed by atoms with Crippen LogP contribution in [-0.2, 0) is 0 Å². The average Bonchev–Trinajstić information content (AvgIpc) is 2.81. The van der Waals surface area contributed by atoms with Gasteiger partial charge in [-0.25, -0.2) is 4.98 Å². The minimum atomic E-state index is 0.184. The summed E-state index contributed by atoms with van der Waals surface area (Å²) in [5.41, 5.74) is 2.18. The number of aromatic amines is 1. The number of hydrogen-bond acceptors (Lipinski definition) is 4. The first-order valence-corrected chi connectivity index (χ1v) is 6.56. The molecule has 7 heteroatoms. The van der Waals surface area contributed by atoms with Crippen molar-refractivity contribution in [2.45, 2.75) is 0 Å². The fourth-order valence-corrected chi connectivity index (χ4v) is 2.35. The zero-order valence-corrected chi connectivity index (χ0v) is 12.2. The Labute approximate surface area is 122 Å². The highest BCUT2D eigenvalue weighted by Crippen LogP contribution is 2.34. The lowest BCUT2D eigenvalue weighted by atomic mass is 10.1. The summed E-state index contributed by atoms with van der Waals surface area (Å²) in [6.07, 6.45) is 1.64. The third kappa shape index (κ3) is 2.17. The van der Waals surface area contributed by atoms with Gasteiger partial charge in [-0.3, -0.25) is 5.10 Å². The Morgan fingerprint density at radius 3 is 3.00 bits per heavy atom. The number of fused-ring (bicyclic) bond motifs is 1. The predicted molar refractivity (Wildman–Crippen MR) is 76.4 cm³/mol. The summed E-state index contributed by atoms with van der Waals surface area (Å²) in [6, 6.07) is 5.71. The van der Waals surface area contributed by atoms with E-state index in [2.05, 4.69) is 36.1 Å². The molecule has 5 nitrogen and oxygen atoms in total. The maximum absolute atomic E-state index is 5.76. The number of benzene rings is 1. The molecular weight excluding hydrogens is 332 g/mol. The first-order valence-electron chi connectivity index (χ1n) is 5.39. The largest absolute Gasteiger partial charge is 0.496 e. The highest BCUT2D eigenvalue weighted by Gasteiger charge is 2.14. The zero-order valence-electron chi connectivity index (χ0n) is 9.82. The third-order valence-corrected chi connectivity index (χ3v) is 3.38. The van der Waals surface area contributed by atoms with E-state index in [1.807, 2.05) is 18.2 Å². The molecule has 2 heterocycles. The Hall–Kier alpha value is -1.66. The Morgan fingerprint density at radius 1 is 1.37 bits per heavy atom. The number of H-pyrrole nitrogens is 1. The lowest BCUT2D eigenvalue weighted by Crippen LogP contribution is -1.89. The number of aromatic nitrogens is 4. The number of ether oxygens (including phenoxy) is 1. The van der Waals surface area contributed by atoms with E-state index in [4.69, 9.17) is 16.3 Å². The summed E-state index contributed by atoms with van der Waals surface area (Å²) in [5, 5.41) is 8.09. The molecule has 2 aromatic heterocycles. The monoisotopic (exact) mass is 338 g/mol. The van der Waals surface area contributed by atoms with Gasteiger partial charge in [-0.05, 0) is 29.8 Å². The van der Waals surface area contributed by atoms with Gasteiger partial charge < -0.3 is 4.74 Å². The Balaban J connectivity index is 2.27. The van der Waals surface area contributed by atoms with Gasteiger partial charge in [0.25, 0.3) is 0 Å². The zero-order chi connectivity index (χ0) is 13.4. The summed E-state index contributed by atoms with van der Waals surface area (Å²) in [5.74, 6) is 0.728. The van der Waals surface area contributed by atoms with Crippen LogP contribution in [0, 0.1) is 0 Å². The fourth-order valence-electron chi connectivity index (χ4n) is 1.86. The lowest BCUT2D eigenvalue weighted by Gasteiger charge is -2.06. The van der Waals surface area contributed by atoms with E-state index in [0.717, 1.165) is 26.9 Å². The number of hydrogen-bond donors (Lipinski definition) is 1. The van der Waals surface area contributed by atoms with Crippen LogP contribution >= 0.6 is 27.5 Å². The van der Waals surface area contributed by atoms with E-state index < -0.39 is 0 Å². The highest BCUT2D eigenvalue weighted by atomic mass is 79.9. The second kappa shape index (κ2) is 4.79. The van der Waals surface area contributed by atoms with Gasteiger partial charge in [0.1, 0.15) is 11.4 Å². The molecule has 0 aliphatic heterocycles. The molecule has 1 aromatic carbocycles. The van der Waals surface area contributed by atoms with Gasteiger partial charge in [-0.2, -0.15) is 10.1 Å². The SMILES string of the molecule is COc1ccc(Br)cc1-c1n[nH]c2nc(Cl)ncc12. The van der Waals surface area contributed by atoms with Gasteiger partial charge in [-0.1, -0.05) is 15.9 Å². The molecule has 0 unspecified atom stereocenters. The second-order valence-electron chi connectivity index (χ2n) is 3.82. The molecule has 0 fully saturated rings. The van der Waals surface area contributed by atoms with Gasteiger partial charge >= 0.3 is 0 Å². The van der Waals surface area contributed by atoms with Crippen molar-refractivity contribution in [2.24, 2.45) is 0 Å². The molecule has 0 bridgehead atoms. The standard InChI is InChI=1S/C12H8BrClN4O/c1-19-9-3-2-6(13)4-7(9)10-8-5-15-12(14)16-11(8)18-17-10/h2-5H,1H3,(H,15,16,17,18). The van der Waals surface area contributed by atoms with Gasteiger partial charge in [-0.15, -0.1) is 0 Å². The maximum Gasteiger partial charge on any atom is 0.224 e. The second-order valence-corrected chi connectivity index (χ2v) is 5.07. The van der Waals surface area contributed by atoms with Crippen molar-refractivity contribution < 1.29 is 4.74 Å². The van der Waals surface area contributed by atoms with E-state index in [0.29, 0.717) is 5.65 Å². The number of methoxy groups -OCH3 is 1. The Morgan fingerprint density at radius 2 is 2.21 bits per heavy atom. The average molecular weight is 340 g/mol. The van der Waals surface area contributed by atoms with Crippen LogP contribution in [0.1, 0.15) is 0 Å². The number of nitrogens with zero attached hydrogens (tertiary/aromatic N) is 3. The number of rotatable bonds is 2. The molecule has 0 spiro atoms. The molecule has 96 valence electrons. The molecule has 0 atom stereocenters. The summed E-state index contributed by atoms with van der Waals surface area (Å²) >= 11 is 9.20. The van der Waals surface area contributed by atoms with Gasteiger partial charge in [0.05, 0.1) is 12.5 Å². The Bertz CT molecular complexity index is 759. The molecule has 1 N–H and O–H groups in total. The highest BCUT2D eigenvalue weighted by molar-refractivity contribution is 9.10. The number of halogens is 2. The summed E-state index contributed by atoms with van der Waals surface area (Å²) in [6.45, 7) is 0. The molecule has 3 aromatic rings. The molecule has 0 amide bonds. The van der Waals surface area contributed by atoms with Crippen LogP contribution in [0.5, 0.6) is 5.75 Å². The van der Waals surface area contributed by atoms with Crippen LogP contribution in [0.4, 0.5) is 0 Å². The third-order valence-electron chi connectivity index (χ3n) is 2.70. The maximum atomic E-state index is 5.76. The quantitative estimate of drug-likeness (QED) is 0.726. The number of nitrogens with one attached hydrogen (secondary N) is 1. The van der Waals surface area contributed by atoms with Crippen molar-refractivity contribution in [1.82, 2.24) is 20.2 Å². The molecule has 3 rings (SSSR count). The van der Waals surface area contributed by atoms with Crippen molar-refractivity contribution in [3.05, 3.63) is 34.2 Å². The molecule has 0 saturated carbocycles. The smallest absolute Gasteiger partial charge is 0.224 e. The lowest BCUT2D eigenvalue weighted by molar-refractivity contribution is 0.416. The van der Waals surface area contributed by atoms with Crippen LogP contribution in [-0.4, -0.2) is 27.3 Å². The summed E-state index contributed by atoms with van der Waals surface area (Å²) < 4.78 is 6.29. The van der Waals surface area contributed by atoms with E-state index in [-0.39, 0.29) is 5.28 Å². The van der Waals surface area contributed by atoms with Crippen LogP contribution < -0.4 is 4.74 Å². The van der Waals surface area contributed by atoms with Crippen LogP contribution in [0.15, 0.2) is 28.9 Å². The predicted octanol–water partition coefficient (Wildman–Crippen LogP) is 3.44. The fraction of sp³-hybridized carbons (Fsp3) is 0.0833. The minimum absolute atomic E-state index is 0.184. The van der Waals surface area contributed by atoms with Crippen molar-refractivity contribution in [2.75, 3.05) is 7.11 Å². The van der Waals surface area contributed by atoms with Crippen LogP contribution in [0.25, 0.3) is 22.3 Å². The summed E-state index contributed by atoms with van der Waals surface area (Å²) in [4.78, 5) is 8.07. The molecule has 0 saturated heterocycles. The van der Waals surface area contributed by atoms with E-state index in [9.17, 15) is 0 Å². The molecular formula is C12H8BrClN4O. The van der Waals surface area contributed by atoms with Crippen LogP contribution in [0.3, 0.4) is 0 Å². The molecule has 0 aliphatic carbocycles. The summed E-state index contributed by atoms with van der Waals surface area (Å²) in [7, 11) is 1.62. The molecule has 0 aliphatic rings. The molecule has 19 heavy (non-hydrogen) atoms. The van der Waals surface area contributed by atoms with Crippen molar-refractivity contribution in [1.29, 1.82) is 0 Å². The van der Waals surface area contributed by atoms with Crippen molar-refractivity contribution >= 4 is 38.6 Å². The van der Waals surface area contributed by atoms with Crippen LogP contribution in [0.2, 0.25) is 5.28 Å². The van der Waals surface area contributed by atoms with E-state index in [1.165, 1.54) is 0 Å². The van der Waals surface area contributed by atoms with Gasteiger partial charge in [0.15, 0.2) is 5.65 Å². The van der Waals surface area contributed by atoms with Crippen molar-refractivity contribution in [3.8, 4) is 17.0 Å². The van der Waals surface area contributed by atoms with E-state index >= 15 is 0 Å². The first-order chi connectivity index (χ1) is 9.19. The minimum Gasteiger partial charge on any atom is -0.496 e. The Kier molecular flexibility index (Phi) is 3.12. The first kappa shape index (κ1) is 12.4. The topological polar surface area (TPSA) is 63.7 Å².